The van der Waals surface area contributed by atoms with Crippen molar-refractivity contribution >= 4 is 23.1 Å². The van der Waals surface area contributed by atoms with E-state index in [1.54, 1.807) is 24.3 Å². The molecule has 174 valence electrons. The average Bonchev–Trinajstić information content (AvgIpc) is 2.77. The van der Waals surface area contributed by atoms with Gasteiger partial charge in [-0.05, 0) is 17.7 Å². The van der Waals surface area contributed by atoms with Gasteiger partial charge < -0.3 is 20.7 Å². The van der Waals surface area contributed by atoms with Crippen LogP contribution in [0.4, 0.5) is 26.0 Å². The lowest BCUT2D eigenvalue weighted by Gasteiger charge is -2.24. The van der Waals surface area contributed by atoms with Crippen LogP contribution in [0.3, 0.4) is 0 Å². The predicted octanol–water partition coefficient (Wildman–Crippen LogP) is 1.54. The summed E-state index contributed by atoms with van der Waals surface area (Å²) in [5.74, 6) is -2.45. The van der Waals surface area contributed by atoms with Gasteiger partial charge in [0.15, 0.2) is 5.69 Å². The molecular weight excluding hydrogens is 436 g/mol. The molecule has 0 atom stereocenters. The molecule has 33 heavy (non-hydrogen) atoms. The average molecular weight is 459 g/mol. The van der Waals surface area contributed by atoms with Gasteiger partial charge in [-0.3, -0.25) is 19.1 Å². The van der Waals surface area contributed by atoms with E-state index in [2.05, 4.69) is 10.3 Å². The third-order valence-electron chi connectivity index (χ3n) is 4.79. The van der Waals surface area contributed by atoms with Crippen molar-refractivity contribution in [2.24, 2.45) is 0 Å². The van der Waals surface area contributed by atoms with Crippen LogP contribution >= 0.6 is 0 Å². The van der Waals surface area contributed by atoms with E-state index < -0.39 is 35.3 Å². The van der Waals surface area contributed by atoms with Crippen LogP contribution in [0.15, 0.2) is 58.1 Å². The maximum Gasteiger partial charge on any atom is 0.330 e. The minimum atomic E-state index is -0.844. The zero-order valence-corrected chi connectivity index (χ0v) is 17.8. The van der Waals surface area contributed by atoms with E-state index in [4.69, 9.17) is 10.5 Å². The van der Waals surface area contributed by atoms with Crippen molar-refractivity contribution in [3.63, 3.8) is 0 Å². The molecule has 0 saturated carbocycles. The van der Waals surface area contributed by atoms with Gasteiger partial charge >= 0.3 is 5.69 Å². The summed E-state index contributed by atoms with van der Waals surface area (Å²) in [6.45, 7) is -0.311. The SMILES string of the molecule is COCCN(C(=O)CNc1cc(F)cc(F)c1)c1c(N)n(Cc2ccccc2)c(=O)[nH]c1=O. The number of nitrogens with one attached hydrogen (secondary N) is 2. The molecule has 4 N–H and O–H groups in total. The first kappa shape index (κ1) is 23.7. The van der Waals surface area contributed by atoms with Crippen molar-refractivity contribution in [3.8, 4) is 0 Å². The molecule has 3 aromatic rings. The zero-order valence-electron chi connectivity index (χ0n) is 17.8. The summed E-state index contributed by atoms with van der Waals surface area (Å²) in [5, 5.41) is 2.62. The predicted molar refractivity (Wildman–Crippen MR) is 120 cm³/mol. The molecule has 9 nitrogen and oxygen atoms in total. The van der Waals surface area contributed by atoms with Gasteiger partial charge in [0.25, 0.3) is 5.56 Å². The first-order valence-corrected chi connectivity index (χ1v) is 9.96. The number of carbonyl (C=O) groups is 1. The number of anilines is 3. The lowest BCUT2D eigenvalue weighted by Crippen LogP contribution is -2.44. The monoisotopic (exact) mass is 459 g/mol. The van der Waals surface area contributed by atoms with Crippen LogP contribution in [0, 0.1) is 11.6 Å². The van der Waals surface area contributed by atoms with Crippen LogP contribution in [0.5, 0.6) is 0 Å². The number of benzene rings is 2. The second kappa shape index (κ2) is 10.6. The van der Waals surface area contributed by atoms with E-state index in [9.17, 15) is 23.2 Å². The summed E-state index contributed by atoms with van der Waals surface area (Å²) >= 11 is 0. The Bertz CT molecular complexity index is 1220. The number of ether oxygens (including phenoxy) is 1. The highest BCUT2D eigenvalue weighted by Gasteiger charge is 2.24. The van der Waals surface area contributed by atoms with Crippen molar-refractivity contribution in [2.75, 3.05) is 42.8 Å². The number of nitrogens with two attached hydrogens (primary N) is 1. The van der Waals surface area contributed by atoms with Gasteiger partial charge in [0.05, 0.1) is 19.7 Å². The molecule has 11 heteroatoms. The van der Waals surface area contributed by atoms with Gasteiger partial charge in [-0.25, -0.2) is 13.6 Å². The molecule has 1 amide bonds. The minimum absolute atomic E-state index is 0.0449. The summed E-state index contributed by atoms with van der Waals surface area (Å²) < 4.78 is 33.0. The van der Waals surface area contributed by atoms with Crippen molar-refractivity contribution in [3.05, 3.63) is 86.6 Å². The Labute approximate surface area is 187 Å². The molecule has 0 fully saturated rings. The van der Waals surface area contributed by atoms with Gasteiger partial charge in [-0.1, -0.05) is 30.3 Å². The maximum atomic E-state index is 13.4. The first-order chi connectivity index (χ1) is 15.8. The second-order valence-corrected chi connectivity index (χ2v) is 7.11. The quantitative estimate of drug-likeness (QED) is 0.446. The highest BCUT2D eigenvalue weighted by atomic mass is 19.1. The van der Waals surface area contributed by atoms with Gasteiger partial charge in [0.2, 0.25) is 5.91 Å². The minimum Gasteiger partial charge on any atom is -0.383 e. The number of H-pyrrole nitrogens is 1. The van der Waals surface area contributed by atoms with Crippen molar-refractivity contribution in [1.82, 2.24) is 9.55 Å². The van der Waals surface area contributed by atoms with Crippen LogP contribution in [0.25, 0.3) is 0 Å². The highest BCUT2D eigenvalue weighted by Crippen LogP contribution is 2.19. The zero-order chi connectivity index (χ0) is 24.0. The van der Waals surface area contributed by atoms with E-state index in [-0.39, 0.29) is 36.9 Å². The molecule has 0 aliphatic heterocycles. The molecule has 0 saturated heterocycles. The van der Waals surface area contributed by atoms with Crippen LogP contribution < -0.4 is 27.2 Å². The lowest BCUT2D eigenvalue weighted by atomic mass is 10.2. The van der Waals surface area contributed by atoms with E-state index >= 15 is 0 Å². The van der Waals surface area contributed by atoms with Crippen LogP contribution in [-0.4, -0.2) is 42.3 Å². The largest absolute Gasteiger partial charge is 0.383 e. The van der Waals surface area contributed by atoms with Crippen LogP contribution in [0.1, 0.15) is 5.56 Å². The number of carbonyl (C=O) groups excluding carboxylic acids is 1. The fraction of sp³-hybridized carbons (Fsp3) is 0.227. The third-order valence-corrected chi connectivity index (χ3v) is 4.79. The number of amides is 1. The standard InChI is InChI=1S/C22H23F2N5O4/c1-33-8-7-28(18(30)12-26-17-10-15(23)9-16(24)11-17)19-20(25)29(22(32)27-21(19)31)13-14-5-3-2-4-6-14/h2-6,9-11,26H,7-8,12-13,25H2,1H3,(H,27,31,32). The molecule has 0 spiro atoms. The van der Waals surface area contributed by atoms with Gasteiger partial charge in [0, 0.05) is 25.4 Å². The van der Waals surface area contributed by atoms with Gasteiger partial charge in [-0.2, -0.15) is 0 Å². The summed E-state index contributed by atoms with van der Waals surface area (Å²) in [4.78, 5) is 41.3. The Morgan fingerprint density at radius 2 is 1.82 bits per heavy atom. The molecule has 2 aromatic carbocycles. The molecule has 0 unspecified atom stereocenters. The number of nitrogens with zero attached hydrogens (tertiary/aromatic N) is 2. The van der Waals surface area contributed by atoms with Crippen molar-refractivity contribution in [1.29, 1.82) is 0 Å². The number of rotatable bonds is 9. The molecule has 0 bridgehead atoms. The number of methoxy groups -OCH3 is 1. The molecule has 1 aromatic heterocycles. The van der Waals surface area contributed by atoms with Gasteiger partial charge in [0.1, 0.15) is 17.5 Å². The Balaban J connectivity index is 1.93. The van der Waals surface area contributed by atoms with E-state index in [0.717, 1.165) is 27.2 Å². The van der Waals surface area contributed by atoms with Gasteiger partial charge in [-0.15, -0.1) is 0 Å². The summed E-state index contributed by atoms with van der Waals surface area (Å²) in [5.41, 5.74) is 5.19. The summed E-state index contributed by atoms with van der Waals surface area (Å²) in [7, 11) is 1.42. The van der Waals surface area contributed by atoms with E-state index in [1.165, 1.54) is 7.11 Å². The molecular formula is C22H23F2N5O4. The highest BCUT2D eigenvalue weighted by molar-refractivity contribution is 5.98. The Kier molecular flexibility index (Phi) is 7.57. The first-order valence-electron chi connectivity index (χ1n) is 9.96. The summed E-state index contributed by atoms with van der Waals surface area (Å²) in [6, 6.07) is 11.7. The second-order valence-electron chi connectivity index (χ2n) is 7.11. The number of halogens is 2. The van der Waals surface area contributed by atoms with Crippen LogP contribution in [0.2, 0.25) is 0 Å². The molecule has 0 aliphatic rings. The molecule has 0 radical (unpaired) electrons. The maximum absolute atomic E-state index is 13.4. The fourth-order valence-electron chi connectivity index (χ4n) is 3.23. The Hall–Kier alpha value is -3.99. The number of aromatic amines is 1. The Morgan fingerprint density at radius 1 is 1.15 bits per heavy atom. The van der Waals surface area contributed by atoms with E-state index in [0.29, 0.717) is 6.07 Å². The number of hydrogen-bond donors (Lipinski definition) is 3. The number of hydrogen-bond acceptors (Lipinski definition) is 6. The normalized spacial score (nSPS) is 10.8. The number of nitrogen functional groups attached to an aromatic ring is 1. The molecule has 1 heterocycles. The Morgan fingerprint density at radius 3 is 2.45 bits per heavy atom. The lowest BCUT2D eigenvalue weighted by molar-refractivity contribution is -0.117. The van der Waals surface area contributed by atoms with Crippen molar-refractivity contribution < 1.29 is 18.3 Å². The topological polar surface area (TPSA) is 122 Å². The molecule has 3 rings (SSSR count). The number of aromatic nitrogens is 2. The molecule has 0 aliphatic carbocycles. The fourth-order valence-corrected chi connectivity index (χ4v) is 3.23. The van der Waals surface area contributed by atoms with Crippen molar-refractivity contribution in [2.45, 2.75) is 6.54 Å². The smallest absolute Gasteiger partial charge is 0.330 e. The van der Waals surface area contributed by atoms with Crippen LogP contribution in [-0.2, 0) is 16.1 Å². The van der Waals surface area contributed by atoms with E-state index in [1.807, 2.05) is 6.07 Å². The third kappa shape index (κ3) is 5.83. The summed E-state index contributed by atoms with van der Waals surface area (Å²) in [6.07, 6.45) is 0.